The van der Waals surface area contributed by atoms with Crippen LogP contribution in [-0.2, 0) is 11.3 Å². The second kappa shape index (κ2) is 4.81. The molecule has 1 aliphatic carbocycles. The summed E-state index contributed by atoms with van der Waals surface area (Å²) in [5, 5.41) is 12.8. The van der Waals surface area contributed by atoms with Crippen LogP contribution in [0.15, 0.2) is 24.4 Å². The van der Waals surface area contributed by atoms with E-state index >= 15 is 0 Å². The number of nitrogens with one attached hydrogen (secondary N) is 2. The molecular formula is C16H13N5O. The van der Waals surface area contributed by atoms with Gasteiger partial charge in [0.25, 0.3) is 0 Å². The lowest BCUT2D eigenvalue weighted by atomic mass is 10.1. The van der Waals surface area contributed by atoms with Gasteiger partial charge in [0.1, 0.15) is 5.82 Å². The molecule has 2 heterocycles. The van der Waals surface area contributed by atoms with Gasteiger partial charge in [0.05, 0.1) is 40.9 Å². The molecule has 1 saturated carbocycles. The number of carbonyl (C=O) groups is 1. The fraction of sp³-hybridized carbons (Fsp3) is 0.250. The van der Waals surface area contributed by atoms with Crippen molar-refractivity contribution in [3.8, 4) is 6.07 Å². The number of imidazole rings is 1. The predicted octanol–water partition coefficient (Wildman–Crippen LogP) is 2.01. The number of hydrogen-bond donors (Lipinski definition) is 2. The van der Waals surface area contributed by atoms with Gasteiger partial charge < -0.3 is 10.3 Å². The highest BCUT2D eigenvalue weighted by molar-refractivity contribution is 6.02. The maximum absolute atomic E-state index is 11.7. The van der Waals surface area contributed by atoms with Crippen LogP contribution in [0.25, 0.3) is 21.9 Å². The van der Waals surface area contributed by atoms with Crippen molar-refractivity contribution in [1.29, 1.82) is 5.26 Å². The van der Waals surface area contributed by atoms with Crippen LogP contribution >= 0.6 is 0 Å². The lowest BCUT2D eigenvalue weighted by Gasteiger charge is -2.00. The van der Waals surface area contributed by atoms with Crippen LogP contribution in [-0.4, -0.2) is 20.9 Å². The summed E-state index contributed by atoms with van der Waals surface area (Å²) < 4.78 is 0. The van der Waals surface area contributed by atoms with E-state index in [2.05, 4.69) is 26.3 Å². The van der Waals surface area contributed by atoms with Crippen LogP contribution in [0.2, 0.25) is 0 Å². The predicted molar refractivity (Wildman–Crippen MR) is 80.7 cm³/mol. The zero-order chi connectivity index (χ0) is 15.1. The van der Waals surface area contributed by atoms with Crippen LogP contribution in [0.3, 0.4) is 0 Å². The molecule has 0 radical (unpaired) electrons. The Morgan fingerprint density at radius 3 is 3.09 bits per heavy atom. The number of nitrogens with zero attached hydrogens (tertiary/aromatic N) is 3. The quantitative estimate of drug-likeness (QED) is 0.771. The fourth-order valence-electron chi connectivity index (χ4n) is 2.52. The highest BCUT2D eigenvalue weighted by Crippen LogP contribution is 2.29. The summed E-state index contributed by atoms with van der Waals surface area (Å²) in [6, 6.07) is 7.47. The molecule has 1 aliphatic rings. The number of aromatic amines is 1. The van der Waals surface area contributed by atoms with E-state index in [-0.39, 0.29) is 11.8 Å². The smallest absolute Gasteiger partial charge is 0.223 e. The number of carbonyl (C=O) groups excluding carboxylic acids is 1. The van der Waals surface area contributed by atoms with Crippen molar-refractivity contribution in [1.82, 2.24) is 20.3 Å². The number of pyridine rings is 1. The van der Waals surface area contributed by atoms with Crippen molar-refractivity contribution in [2.24, 2.45) is 5.92 Å². The van der Waals surface area contributed by atoms with Gasteiger partial charge in [-0.3, -0.25) is 9.78 Å². The minimum atomic E-state index is 0.0928. The molecule has 0 atom stereocenters. The highest BCUT2D eigenvalue weighted by atomic mass is 16.2. The zero-order valence-electron chi connectivity index (χ0n) is 11.8. The number of nitriles is 1. The van der Waals surface area contributed by atoms with Crippen molar-refractivity contribution in [2.45, 2.75) is 19.4 Å². The zero-order valence-corrected chi connectivity index (χ0v) is 11.8. The molecule has 0 aliphatic heterocycles. The first-order chi connectivity index (χ1) is 10.7. The Morgan fingerprint density at radius 1 is 1.45 bits per heavy atom. The van der Waals surface area contributed by atoms with Crippen LogP contribution in [0.4, 0.5) is 0 Å². The third-order valence-electron chi connectivity index (χ3n) is 3.87. The first kappa shape index (κ1) is 12.8. The van der Waals surface area contributed by atoms with Gasteiger partial charge in [-0.05, 0) is 31.0 Å². The summed E-state index contributed by atoms with van der Waals surface area (Å²) in [4.78, 5) is 23.8. The molecule has 1 amide bonds. The van der Waals surface area contributed by atoms with Crippen LogP contribution in [0.5, 0.6) is 0 Å². The molecular weight excluding hydrogens is 278 g/mol. The molecule has 2 N–H and O–H groups in total. The summed E-state index contributed by atoms with van der Waals surface area (Å²) in [6.07, 6.45) is 3.69. The fourth-order valence-corrected chi connectivity index (χ4v) is 2.52. The van der Waals surface area contributed by atoms with Crippen molar-refractivity contribution in [3.05, 3.63) is 35.8 Å². The molecule has 6 nitrogen and oxygen atoms in total. The molecule has 22 heavy (non-hydrogen) atoms. The molecule has 0 spiro atoms. The van der Waals surface area contributed by atoms with Gasteiger partial charge in [-0.15, -0.1) is 0 Å². The van der Waals surface area contributed by atoms with E-state index in [0.717, 1.165) is 34.8 Å². The third kappa shape index (κ3) is 2.17. The SMILES string of the molecule is N#Cc1ccc2ncc3[nH]c(CNC(=O)C4CC4)nc3c2c1. The van der Waals surface area contributed by atoms with Crippen molar-refractivity contribution >= 4 is 27.8 Å². The summed E-state index contributed by atoms with van der Waals surface area (Å²) in [7, 11) is 0. The third-order valence-corrected chi connectivity index (χ3v) is 3.87. The molecule has 108 valence electrons. The first-order valence-corrected chi connectivity index (χ1v) is 7.20. The average molecular weight is 291 g/mol. The van der Waals surface area contributed by atoms with E-state index in [1.807, 2.05) is 6.07 Å². The van der Waals surface area contributed by atoms with Crippen LogP contribution in [0.1, 0.15) is 24.2 Å². The molecule has 0 unspecified atom stereocenters. The highest BCUT2D eigenvalue weighted by Gasteiger charge is 2.29. The van der Waals surface area contributed by atoms with Crippen LogP contribution < -0.4 is 5.32 Å². The molecule has 3 aromatic rings. The van der Waals surface area contributed by atoms with Gasteiger partial charge in [0.15, 0.2) is 0 Å². The molecule has 2 aromatic heterocycles. The van der Waals surface area contributed by atoms with E-state index in [0.29, 0.717) is 17.9 Å². The normalized spacial score (nSPS) is 14.1. The van der Waals surface area contributed by atoms with Crippen molar-refractivity contribution < 1.29 is 4.79 Å². The standard InChI is InChI=1S/C16H13N5O/c17-6-9-1-4-12-11(5-9)15-13(7-18-12)20-14(21-15)8-19-16(22)10-2-3-10/h1,4-5,7,10H,2-3,8H2,(H,19,22)(H,20,21). The second-order valence-electron chi connectivity index (χ2n) is 5.54. The van der Waals surface area contributed by atoms with E-state index in [1.54, 1.807) is 18.3 Å². The summed E-state index contributed by atoms with van der Waals surface area (Å²) in [5.74, 6) is 0.973. The van der Waals surface area contributed by atoms with Gasteiger partial charge in [0, 0.05) is 11.3 Å². The number of hydrogen-bond acceptors (Lipinski definition) is 4. The van der Waals surface area contributed by atoms with Gasteiger partial charge in [-0.1, -0.05) is 0 Å². The van der Waals surface area contributed by atoms with E-state index in [1.165, 1.54) is 0 Å². The molecule has 4 rings (SSSR count). The summed E-state index contributed by atoms with van der Waals surface area (Å²) in [6.45, 7) is 0.378. The topological polar surface area (TPSA) is 94.5 Å². The minimum Gasteiger partial charge on any atom is -0.349 e. The Labute approximate surface area is 126 Å². The molecule has 0 saturated heterocycles. The minimum absolute atomic E-state index is 0.0928. The van der Waals surface area contributed by atoms with Crippen LogP contribution in [0, 0.1) is 17.2 Å². The largest absolute Gasteiger partial charge is 0.349 e. The Balaban J connectivity index is 1.71. The second-order valence-corrected chi connectivity index (χ2v) is 5.54. The maximum atomic E-state index is 11.7. The van der Waals surface area contributed by atoms with Crippen molar-refractivity contribution in [2.75, 3.05) is 0 Å². The van der Waals surface area contributed by atoms with Gasteiger partial charge in [-0.2, -0.15) is 5.26 Å². The Hall–Kier alpha value is -2.94. The molecule has 6 heteroatoms. The summed E-state index contributed by atoms with van der Waals surface area (Å²) >= 11 is 0. The van der Waals surface area contributed by atoms with E-state index in [9.17, 15) is 4.79 Å². The summed E-state index contributed by atoms with van der Waals surface area (Å²) in [5.41, 5.74) is 2.95. The maximum Gasteiger partial charge on any atom is 0.223 e. The molecule has 1 fully saturated rings. The Morgan fingerprint density at radius 2 is 2.32 bits per heavy atom. The number of benzene rings is 1. The van der Waals surface area contributed by atoms with E-state index < -0.39 is 0 Å². The molecule has 0 bridgehead atoms. The monoisotopic (exact) mass is 291 g/mol. The van der Waals surface area contributed by atoms with Gasteiger partial charge >= 0.3 is 0 Å². The molecule has 1 aromatic carbocycles. The number of aromatic nitrogens is 3. The average Bonchev–Trinajstić information content (AvgIpc) is 3.31. The Kier molecular flexibility index (Phi) is 2.79. The number of rotatable bonds is 3. The number of fused-ring (bicyclic) bond motifs is 3. The lowest BCUT2D eigenvalue weighted by molar-refractivity contribution is -0.122. The van der Waals surface area contributed by atoms with E-state index in [4.69, 9.17) is 5.26 Å². The van der Waals surface area contributed by atoms with Gasteiger partial charge in [0.2, 0.25) is 5.91 Å². The number of amides is 1. The van der Waals surface area contributed by atoms with Crippen molar-refractivity contribution in [3.63, 3.8) is 0 Å². The Bertz CT molecular complexity index is 933. The lowest BCUT2D eigenvalue weighted by Crippen LogP contribution is -2.24. The first-order valence-electron chi connectivity index (χ1n) is 7.20. The van der Waals surface area contributed by atoms with Gasteiger partial charge in [-0.25, -0.2) is 4.98 Å². The number of H-pyrrole nitrogens is 1.